The number of amides is 3. The van der Waals surface area contributed by atoms with Gasteiger partial charge in [-0.3, -0.25) is 14.4 Å². The van der Waals surface area contributed by atoms with Gasteiger partial charge >= 0.3 is 5.97 Å². The number of carbonyl (C=O) groups excluding carboxylic acids is 3. The number of hydrogen-bond donors (Lipinski definition) is 7. The second-order valence-corrected chi connectivity index (χ2v) is 6.82. The molecule has 0 saturated heterocycles. The summed E-state index contributed by atoms with van der Waals surface area (Å²) in [5.41, 5.74) is 5.66. The minimum absolute atomic E-state index is 0.106. The molecule has 0 saturated carbocycles. The molecule has 0 fully saturated rings. The molecule has 4 unspecified atom stereocenters. The van der Waals surface area contributed by atoms with Gasteiger partial charge in [0.15, 0.2) is 6.04 Å². The van der Waals surface area contributed by atoms with Crippen molar-refractivity contribution >= 4 is 48.1 Å². The summed E-state index contributed by atoms with van der Waals surface area (Å²) in [6, 6.07) is -3.38. The summed E-state index contributed by atoms with van der Waals surface area (Å²) in [4.78, 5) is 46.6. The maximum atomic E-state index is 12.0. The third kappa shape index (κ3) is 9.27. The third-order valence-electron chi connectivity index (χ3n) is 3.27. The lowest BCUT2D eigenvalue weighted by Crippen LogP contribution is -2.56. The molecule has 7 N–H and O–H groups in total. The van der Waals surface area contributed by atoms with E-state index >= 15 is 0 Å². The third-order valence-corrected chi connectivity index (χ3v) is 4.28. The Hall–Kier alpha value is -1.50. The molecule has 0 spiro atoms. The smallest absolute Gasteiger partial charge is 0.328 e. The summed E-state index contributed by atoms with van der Waals surface area (Å²) in [5, 5.41) is 25.1. The van der Waals surface area contributed by atoms with Gasteiger partial charge in [-0.2, -0.15) is 24.4 Å². The Morgan fingerprint density at radius 2 is 1.81 bits per heavy atom. The van der Waals surface area contributed by atoms with E-state index in [2.05, 4.69) is 28.6 Å². The van der Waals surface area contributed by atoms with Crippen molar-refractivity contribution in [2.45, 2.75) is 37.6 Å². The molecule has 0 aliphatic rings. The highest BCUT2D eigenvalue weighted by atomic mass is 32.2. The van der Waals surface area contributed by atoms with Crippen molar-refractivity contribution in [2.75, 3.05) is 24.3 Å². The number of aliphatic carboxylic acids is 1. The number of carboxylic acids is 1. The van der Waals surface area contributed by atoms with Crippen molar-refractivity contribution < 1.29 is 29.4 Å². The number of thiol groups is 1. The number of nitrogens with one attached hydrogen (secondary N) is 3. The second kappa shape index (κ2) is 12.8. The fourth-order valence-electron chi connectivity index (χ4n) is 1.76. The Bertz CT molecular complexity index is 506. The fraction of sp³-hybridized carbons (Fsp3) is 0.714. The van der Waals surface area contributed by atoms with Crippen LogP contribution in [0.25, 0.3) is 0 Å². The van der Waals surface area contributed by atoms with Crippen LogP contribution in [0.2, 0.25) is 0 Å². The van der Waals surface area contributed by atoms with Crippen molar-refractivity contribution in [3.8, 4) is 0 Å². The van der Waals surface area contributed by atoms with E-state index in [-0.39, 0.29) is 12.3 Å². The number of carboxylic acid groups (broad SMARTS) is 1. The standard InChI is InChI=1S/C14H26N4O6S2/c1-7(19)11(14(23)24)18-13(22)9(6-25)17-10(20)5-16-12(21)8(15)3-4-26-2/h7-9,11,19,25H,3-6,15H2,1-2H3,(H,16,21)(H,17,20)(H,18,22)(H,23,24). The molecule has 0 heterocycles. The maximum Gasteiger partial charge on any atom is 0.328 e. The van der Waals surface area contributed by atoms with Gasteiger partial charge in [0.1, 0.15) is 6.04 Å². The number of aliphatic hydroxyl groups is 1. The maximum absolute atomic E-state index is 12.0. The highest BCUT2D eigenvalue weighted by Gasteiger charge is 2.29. The number of thioether (sulfide) groups is 1. The first-order chi connectivity index (χ1) is 12.1. The number of rotatable bonds is 12. The van der Waals surface area contributed by atoms with Gasteiger partial charge in [0.25, 0.3) is 0 Å². The first-order valence-corrected chi connectivity index (χ1v) is 9.80. The molecular formula is C14H26N4O6S2. The van der Waals surface area contributed by atoms with Crippen molar-refractivity contribution in [1.29, 1.82) is 0 Å². The zero-order valence-electron chi connectivity index (χ0n) is 14.6. The van der Waals surface area contributed by atoms with Crippen LogP contribution in [0.1, 0.15) is 13.3 Å². The number of aliphatic hydroxyl groups excluding tert-OH is 1. The van der Waals surface area contributed by atoms with E-state index < -0.39 is 47.9 Å². The minimum atomic E-state index is -1.52. The van der Waals surface area contributed by atoms with Crippen LogP contribution in [-0.4, -0.2) is 82.4 Å². The summed E-state index contributed by atoms with van der Waals surface area (Å²) >= 11 is 5.48. The average Bonchev–Trinajstić information content (AvgIpc) is 2.58. The van der Waals surface area contributed by atoms with Gasteiger partial charge in [-0.25, -0.2) is 4.79 Å². The van der Waals surface area contributed by atoms with E-state index in [4.69, 9.17) is 10.8 Å². The van der Waals surface area contributed by atoms with Crippen LogP contribution in [0.15, 0.2) is 0 Å². The van der Waals surface area contributed by atoms with Crippen LogP contribution in [0.5, 0.6) is 0 Å². The van der Waals surface area contributed by atoms with Crippen LogP contribution in [0, 0.1) is 0 Å². The van der Waals surface area contributed by atoms with Gasteiger partial charge in [0.2, 0.25) is 17.7 Å². The Morgan fingerprint density at radius 1 is 1.19 bits per heavy atom. The minimum Gasteiger partial charge on any atom is -0.480 e. The molecule has 0 bridgehead atoms. The number of carbonyl (C=O) groups is 4. The molecule has 0 aliphatic carbocycles. The second-order valence-electron chi connectivity index (χ2n) is 5.47. The molecule has 0 aliphatic heterocycles. The van der Waals surface area contributed by atoms with Crippen LogP contribution < -0.4 is 21.7 Å². The zero-order chi connectivity index (χ0) is 20.3. The normalized spacial score (nSPS) is 15.3. The van der Waals surface area contributed by atoms with Gasteiger partial charge in [0.05, 0.1) is 18.7 Å². The monoisotopic (exact) mass is 410 g/mol. The zero-order valence-corrected chi connectivity index (χ0v) is 16.3. The van der Waals surface area contributed by atoms with E-state index in [0.717, 1.165) is 0 Å². The lowest BCUT2D eigenvalue weighted by molar-refractivity contribution is -0.145. The molecule has 12 heteroatoms. The Kier molecular flexibility index (Phi) is 12.1. The van der Waals surface area contributed by atoms with E-state index in [1.807, 2.05) is 6.26 Å². The lowest BCUT2D eigenvalue weighted by atomic mass is 10.1. The summed E-state index contributed by atoms with van der Waals surface area (Å²) in [6.07, 6.45) is 1.02. The lowest BCUT2D eigenvalue weighted by Gasteiger charge is -2.21. The van der Waals surface area contributed by atoms with Gasteiger partial charge < -0.3 is 31.9 Å². The van der Waals surface area contributed by atoms with Gasteiger partial charge in [0, 0.05) is 5.75 Å². The van der Waals surface area contributed by atoms with Crippen LogP contribution in [-0.2, 0) is 19.2 Å². The molecule has 0 rings (SSSR count). The van der Waals surface area contributed by atoms with Crippen molar-refractivity contribution in [2.24, 2.45) is 5.73 Å². The quantitative estimate of drug-likeness (QED) is 0.174. The van der Waals surface area contributed by atoms with Gasteiger partial charge in [-0.05, 0) is 25.4 Å². The van der Waals surface area contributed by atoms with Gasteiger partial charge in [-0.15, -0.1) is 0 Å². The SMILES string of the molecule is CSCCC(N)C(=O)NCC(=O)NC(CS)C(=O)NC(C(=O)O)C(C)O. The highest BCUT2D eigenvalue weighted by molar-refractivity contribution is 7.98. The van der Waals surface area contributed by atoms with E-state index in [9.17, 15) is 24.3 Å². The molecule has 0 aromatic rings. The van der Waals surface area contributed by atoms with Crippen LogP contribution >= 0.6 is 24.4 Å². The van der Waals surface area contributed by atoms with Crippen LogP contribution in [0.4, 0.5) is 0 Å². The van der Waals surface area contributed by atoms with Crippen LogP contribution in [0.3, 0.4) is 0 Å². The average molecular weight is 411 g/mol. The number of hydrogen-bond acceptors (Lipinski definition) is 8. The van der Waals surface area contributed by atoms with Crippen molar-refractivity contribution in [1.82, 2.24) is 16.0 Å². The summed E-state index contributed by atoms with van der Waals surface area (Å²) < 4.78 is 0. The predicted octanol–water partition coefficient (Wildman–Crippen LogP) is -2.45. The highest BCUT2D eigenvalue weighted by Crippen LogP contribution is 1.99. The molecule has 0 aromatic carbocycles. The van der Waals surface area contributed by atoms with Gasteiger partial charge in [-0.1, -0.05) is 0 Å². The molecule has 4 atom stereocenters. The summed E-state index contributed by atoms with van der Waals surface area (Å²) in [6.45, 7) is 0.825. The molecule has 0 aromatic heterocycles. The Labute approximate surface area is 161 Å². The van der Waals surface area contributed by atoms with E-state index in [1.54, 1.807) is 11.8 Å². The van der Waals surface area contributed by atoms with E-state index in [0.29, 0.717) is 12.2 Å². The molecular weight excluding hydrogens is 384 g/mol. The predicted molar refractivity (Wildman–Crippen MR) is 101 cm³/mol. The first-order valence-electron chi connectivity index (χ1n) is 7.77. The first kappa shape index (κ1) is 24.5. The molecule has 26 heavy (non-hydrogen) atoms. The number of nitrogens with two attached hydrogens (primary N) is 1. The molecule has 3 amide bonds. The topological polar surface area (TPSA) is 171 Å². The van der Waals surface area contributed by atoms with Crippen molar-refractivity contribution in [3.63, 3.8) is 0 Å². The molecule has 10 nitrogen and oxygen atoms in total. The van der Waals surface area contributed by atoms with Crippen molar-refractivity contribution in [3.05, 3.63) is 0 Å². The largest absolute Gasteiger partial charge is 0.480 e. The summed E-state index contributed by atoms with van der Waals surface area (Å²) in [5.74, 6) is -2.77. The summed E-state index contributed by atoms with van der Waals surface area (Å²) in [7, 11) is 0. The Balaban J connectivity index is 4.53. The molecule has 150 valence electrons. The molecule has 0 radical (unpaired) electrons. The Morgan fingerprint density at radius 3 is 2.27 bits per heavy atom. The van der Waals surface area contributed by atoms with E-state index in [1.165, 1.54) is 6.92 Å². The fourth-order valence-corrected chi connectivity index (χ4v) is 2.50.